The molecule has 12 heteroatoms. The molecule has 1 aliphatic carbocycles. The summed E-state index contributed by atoms with van der Waals surface area (Å²) in [5.74, 6) is -2.23. The molecular weight excluding hydrogens is 467 g/mol. The van der Waals surface area contributed by atoms with Crippen LogP contribution in [0.5, 0.6) is 0 Å². The Morgan fingerprint density at radius 2 is 1.85 bits per heavy atom. The first kappa shape index (κ1) is 24.8. The van der Waals surface area contributed by atoms with E-state index < -0.39 is 49.8 Å². The number of imide groups is 1. The summed E-state index contributed by atoms with van der Waals surface area (Å²) >= 11 is 0. The molecule has 0 bridgehead atoms. The number of carbonyl (C=O) groups excluding carboxylic acids is 3. The average molecular weight is 496 g/mol. The van der Waals surface area contributed by atoms with Crippen LogP contribution in [0.1, 0.15) is 30.6 Å². The van der Waals surface area contributed by atoms with Gasteiger partial charge in [0.25, 0.3) is 0 Å². The molecule has 3 amide bonds. The van der Waals surface area contributed by atoms with Gasteiger partial charge in [-0.3, -0.25) is 14.7 Å². The smallest absolute Gasteiger partial charge is 0.358 e. The van der Waals surface area contributed by atoms with Gasteiger partial charge in [-0.1, -0.05) is 25.1 Å². The Morgan fingerprint density at radius 1 is 1.18 bits per heavy atom. The normalized spacial score (nSPS) is 31.9. The lowest BCUT2D eigenvalue weighted by molar-refractivity contribution is -0.126. The number of esters is 1. The lowest BCUT2D eigenvalue weighted by Crippen LogP contribution is -2.61. The number of urea groups is 1. The summed E-state index contributed by atoms with van der Waals surface area (Å²) in [5, 5.41) is 2.36. The zero-order valence-corrected chi connectivity index (χ0v) is 20.3. The van der Waals surface area contributed by atoms with Crippen molar-refractivity contribution in [1.29, 1.82) is 0 Å². The van der Waals surface area contributed by atoms with Crippen LogP contribution < -0.4 is 5.32 Å². The van der Waals surface area contributed by atoms with Gasteiger partial charge in [0.15, 0.2) is 5.85 Å². The maximum atomic E-state index is 12.9. The molecule has 2 aliphatic heterocycles. The Labute approximate surface area is 197 Å². The fourth-order valence-electron chi connectivity index (χ4n) is 4.51. The van der Waals surface area contributed by atoms with Crippen LogP contribution in [-0.4, -0.2) is 79.9 Å². The van der Waals surface area contributed by atoms with E-state index in [4.69, 9.17) is 23.3 Å². The van der Waals surface area contributed by atoms with Gasteiger partial charge >= 0.3 is 19.6 Å². The van der Waals surface area contributed by atoms with Crippen molar-refractivity contribution in [2.45, 2.75) is 56.6 Å². The molecule has 1 N–H and O–H groups in total. The van der Waals surface area contributed by atoms with Crippen molar-refractivity contribution in [3.8, 4) is 0 Å². The summed E-state index contributed by atoms with van der Waals surface area (Å²) in [6.07, 6.45) is -2.23. The van der Waals surface area contributed by atoms with Gasteiger partial charge in [0.1, 0.15) is 24.4 Å². The first-order valence-electron chi connectivity index (χ1n) is 11.1. The maximum absolute atomic E-state index is 12.9. The summed E-state index contributed by atoms with van der Waals surface area (Å²) in [7, 11) is -1.03. The number of hydrogen-bond donors (Lipinski definition) is 1. The summed E-state index contributed by atoms with van der Waals surface area (Å²) in [6, 6.07) is 7.56. The van der Waals surface area contributed by atoms with Gasteiger partial charge in [-0.15, -0.1) is 0 Å². The van der Waals surface area contributed by atoms with Gasteiger partial charge in [0.05, 0.1) is 17.5 Å². The maximum Gasteiger partial charge on any atom is 0.358 e. The standard InChI is InChI=1S/C22H29N2O9P/c1-12-11-24(22(27)23-20(12)25)15-10-16(32-21(26)14-8-6-5-7-9-14)18(19-17(15)33-19)31-13(2)34(28,29-3)30-4/h5-9,12-13,15-19H,10-11H2,1-4H3,(H,23,25,27)/t12?,13?,15-,16-,17?,18+,19?/m0/s1. The highest BCUT2D eigenvalue weighted by Crippen LogP contribution is 2.54. The van der Waals surface area contributed by atoms with Crippen molar-refractivity contribution in [3.63, 3.8) is 0 Å². The van der Waals surface area contributed by atoms with Crippen LogP contribution in [0.2, 0.25) is 0 Å². The van der Waals surface area contributed by atoms with Crippen LogP contribution in [0, 0.1) is 5.92 Å². The first-order chi connectivity index (χ1) is 16.2. The van der Waals surface area contributed by atoms with Crippen LogP contribution in [0.25, 0.3) is 0 Å². The molecule has 0 radical (unpaired) electrons. The molecule has 3 aliphatic rings. The Balaban J connectivity index is 1.57. The van der Waals surface area contributed by atoms with E-state index in [1.54, 1.807) is 49.1 Å². The minimum Gasteiger partial charge on any atom is -0.456 e. The van der Waals surface area contributed by atoms with E-state index in [1.807, 2.05) is 0 Å². The van der Waals surface area contributed by atoms with E-state index in [2.05, 4.69) is 5.32 Å². The van der Waals surface area contributed by atoms with Crippen LogP contribution >= 0.6 is 7.60 Å². The third kappa shape index (κ3) is 4.76. The molecule has 0 spiro atoms. The first-order valence-corrected chi connectivity index (χ1v) is 12.7. The Morgan fingerprint density at radius 3 is 2.50 bits per heavy atom. The zero-order chi connectivity index (χ0) is 24.6. The van der Waals surface area contributed by atoms with E-state index >= 15 is 0 Å². The van der Waals surface area contributed by atoms with E-state index in [-0.39, 0.29) is 30.9 Å². The van der Waals surface area contributed by atoms with Gasteiger partial charge in [-0.05, 0) is 19.1 Å². The quantitative estimate of drug-likeness (QED) is 0.326. The third-order valence-electron chi connectivity index (χ3n) is 6.49. The van der Waals surface area contributed by atoms with Crippen molar-refractivity contribution in [3.05, 3.63) is 35.9 Å². The summed E-state index contributed by atoms with van der Waals surface area (Å²) in [4.78, 5) is 38.9. The van der Waals surface area contributed by atoms with E-state index in [0.717, 1.165) is 0 Å². The second-order valence-corrected chi connectivity index (χ2v) is 11.2. The topological polar surface area (TPSA) is 133 Å². The number of rotatable bonds is 8. The SMILES string of the molecule is COP(=O)(OC)C(C)O[C@H]1C2OC2[C@@H](N2CC(C)C(=O)NC2=O)C[C@@H]1OC(=O)c1ccccc1. The van der Waals surface area contributed by atoms with Crippen molar-refractivity contribution >= 4 is 25.5 Å². The monoisotopic (exact) mass is 496 g/mol. The molecule has 2 saturated heterocycles. The van der Waals surface area contributed by atoms with E-state index in [0.29, 0.717) is 5.56 Å². The van der Waals surface area contributed by atoms with Crippen molar-refractivity contribution in [2.24, 2.45) is 5.92 Å². The number of nitrogens with one attached hydrogen (secondary N) is 1. The molecule has 3 fully saturated rings. The number of epoxide rings is 1. The molecule has 7 atom stereocenters. The molecule has 1 saturated carbocycles. The summed E-state index contributed by atoms with van der Waals surface area (Å²) < 4.78 is 40.6. The molecule has 0 aromatic heterocycles. The molecular formula is C22H29N2O9P. The number of nitrogens with zero attached hydrogens (tertiary/aromatic N) is 1. The van der Waals surface area contributed by atoms with Crippen LogP contribution in [-0.2, 0) is 32.6 Å². The number of fused-ring (bicyclic) bond motifs is 1. The van der Waals surface area contributed by atoms with Gasteiger partial charge < -0.3 is 28.2 Å². The molecule has 1 aromatic carbocycles. The second kappa shape index (κ2) is 9.75. The molecule has 34 heavy (non-hydrogen) atoms. The minimum absolute atomic E-state index is 0.218. The highest BCUT2D eigenvalue weighted by molar-refractivity contribution is 7.54. The number of ether oxygens (including phenoxy) is 3. The molecule has 11 nitrogen and oxygen atoms in total. The van der Waals surface area contributed by atoms with Crippen molar-refractivity contribution in [1.82, 2.24) is 10.2 Å². The van der Waals surface area contributed by atoms with E-state index in [1.165, 1.54) is 14.2 Å². The van der Waals surface area contributed by atoms with Crippen molar-refractivity contribution < 1.29 is 42.2 Å². The lowest BCUT2D eigenvalue weighted by Gasteiger charge is -2.41. The molecule has 186 valence electrons. The molecule has 4 rings (SSSR count). The van der Waals surface area contributed by atoms with Gasteiger partial charge in [-0.2, -0.15) is 0 Å². The predicted molar refractivity (Wildman–Crippen MR) is 118 cm³/mol. The van der Waals surface area contributed by atoms with Crippen molar-refractivity contribution in [2.75, 3.05) is 20.8 Å². The van der Waals surface area contributed by atoms with Crippen LogP contribution in [0.3, 0.4) is 0 Å². The Bertz CT molecular complexity index is 982. The van der Waals surface area contributed by atoms with Gasteiger partial charge in [0.2, 0.25) is 5.91 Å². The second-order valence-electron chi connectivity index (χ2n) is 8.63. The zero-order valence-electron chi connectivity index (χ0n) is 19.4. The minimum atomic E-state index is -3.56. The summed E-state index contributed by atoms with van der Waals surface area (Å²) in [6.45, 7) is 3.51. The Hall–Kier alpha value is -2.30. The highest BCUT2D eigenvalue weighted by atomic mass is 31.2. The Kier molecular flexibility index (Phi) is 7.12. The number of benzene rings is 1. The summed E-state index contributed by atoms with van der Waals surface area (Å²) in [5.41, 5.74) is 0.360. The van der Waals surface area contributed by atoms with Gasteiger partial charge in [0, 0.05) is 27.2 Å². The van der Waals surface area contributed by atoms with Gasteiger partial charge in [-0.25, -0.2) is 9.59 Å². The molecule has 4 unspecified atom stereocenters. The molecule has 1 aromatic rings. The van der Waals surface area contributed by atoms with Crippen LogP contribution in [0.15, 0.2) is 30.3 Å². The predicted octanol–water partition coefficient (Wildman–Crippen LogP) is 2.16. The largest absolute Gasteiger partial charge is 0.456 e. The van der Waals surface area contributed by atoms with Crippen LogP contribution in [0.4, 0.5) is 4.79 Å². The number of hydrogen-bond acceptors (Lipinski definition) is 9. The lowest BCUT2D eigenvalue weighted by atomic mass is 9.88. The highest BCUT2D eigenvalue weighted by Gasteiger charge is 2.62. The molecule has 2 heterocycles. The fraction of sp³-hybridized carbons (Fsp3) is 0.591. The number of carbonyl (C=O) groups is 3. The van der Waals surface area contributed by atoms with E-state index in [9.17, 15) is 18.9 Å². The average Bonchev–Trinajstić information content (AvgIpc) is 3.63. The third-order valence-corrected chi connectivity index (χ3v) is 8.52. The fourth-order valence-corrected chi connectivity index (χ4v) is 5.55. The number of amides is 3.